The molecule has 2 aromatic heterocycles. The minimum absolute atomic E-state index is 0.146. The molecule has 1 aromatic carbocycles. The zero-order chi connectivity index (χ0) is 25.6. The van der Waals surface area contributed by atoms with E-state index in [9.17, 15) is 14.7 Å². The molecule has 0 radical (unpaired) electrons. The summed E-state index contributed by atoms with van der Waals surface area (Å²) in [6.07, 6.45) is 8.74. The van der Waals surface area contributed by atoms with Crippen molar-refractivity contribution in [3.8, 4) is 0 Å². The van der Waals surface area contributed by atoms with E-state index in [1.807, 2.05) is 18.2 Å². The SMILES string of the molecule is O=C(OC[C@H]1O[C@@H](n2cnc3c(NC(=O)c4ccccc4)ncnc32)C[C@@H]1O)OC1/C=C/CCCCC1. The Morgan fingerprint density at radius 2 is 2.00 bits per heavy atom. The first kappa shape index (κ1) is 24.8. The van der Waals surface area contributed by atoms with E-state index in [2.05, 4.69) is 20.3 Å². The summed E-state index contributed by atoms with van der Waals surface area (Å²) in [6.45, 7) is -0.146. The normalized spacial score (nSPS) is 24.7. The summed E-state index contributed by atoms with van der Waals surface area (Å²) in [7, 11) is 0. The number of carbonyl (C=O) groups is 2. The van der Waals surface area contributed by atoms with Crippen LogP contribution in [0, 0.1) is 0 Å². The van der Waals surface area contributed by atoms with Crippen LogP contribution in [0.5, 0.6) is 0 Å². The molecular weight excluding hydrogens is 478 g/mol. The fraction of sp³-hybridized carbons (Fsp3) is 0.423. The molecule has 3 aromatic rings. The van der Waals surface area contributed by atoms with Crippen LogP contribution in [-0.4, -0.2) is 61.6 Å². The van der Waals surface area contributed by atoms with Gasteiger partial charge in [-0.25, -0.2) is 19.7 Å². The van der Waals surface area contributed by atoms with Gasteiger partial charge < -0.3 is 24.6 Å². The molecule has 5 rings (SSSR count). The van der Waals surface area contributed by atoms with Crippen molar-refractivity contribution in [3.05, 3.63) is 60.7 Å². The largest absolute Gasteiger partial charge is 0.508 e. The van der Waals surface area contributed by atoms with Gasteiger partial charge in [-0.1, -0.05) is 30.7 Å². The smallest absolute Gasteiger partial charge is 0.431 e. The number of hydrogen-bond donors (Lipinski definition) is 2. The number of imidazole rings is 1. The molecule has 1 fully saturated rings. The van der Waals surface area contributed by atoms with E-state index in [4.69, 9.17) is 14.2 Å². The van der Waals surface area contributed by atoms with Crippen LogP contribution in [0.25, 0.3) is 11.2 Å². The van der Waals surface area contributed by atoms with Gasteiger partial charge in [0.1, 0.15) is 31.4 Å². The van der Waals surface area contributed by atoms with Gasteiger partial charge in [-0.15, -0.1) is 0 Å². The number of aliphatic hydroxyl groups is 1. The maximum absolute atomic E-state index is 12.6. The number of nitrogens with zero attached hydrogens (tertiary/aromatic N) is 4. The Balaban J connectivity index is 1.20. The Morgan fingerprint density at radius 1 is 1.14 bits per heavy atom. The zero-order valence-electron chi connectivity index (χ0n) is 20.2. The Bertz CT molecular complexity index is 1260. The molecule has 37 heavy (non-hydrogen) atoms. The molecule has 0 bridgehead atoms. The Labute approximate surface area is 213 Å². The number of amides is 1. The van der Waals surface area contributed by atoms with Crippen molar-refractivity contribution >= 4 is 29.0 Å². The van der Waals surface area contributed by atoms with Gasteiger partial charge in [0.2, 0.25) is 0 Å². The number of aromatic nitrogens is 4. The molecule has 11 nitrogen and oxygen atoms in total. The van der Waals surface area contributed by atoms with E-state index in [0.717, 1.165) is 32.1 Å². The summed E-state index contributed by atoms with van der Waals surface area (Å²) < 4.78 is 18.3. The predicted molar refractivity (Wildman–Crippen MR) is 133 cm³/mol. The summed E-state index contributed by atoms with van der Waals surface area (Å²) >= 11 is 0. The van der Waals surface area contributed by atoms with Gasteiger partial charge in [0.15, 0.2) is 17.0 Å². The van der Waals surface area contributed by atoms with Crippen molar-refractivity contribution in [2.75, 3.05) is 11.9 Å². The highest BCUT2D eigenvalue weighted by atomic mass is 16.7. The van der Waals surface area contributed by atoms with Crippen molar-refractivity contribution < 1.29 is 28.9 Å². The van der Waals surface area contributed by atoms with E-state index in [0.29, 0.717) is 16.7 Å². The first-order chi connectivity index (χ1) is 18.1. The van der Waals surface area contributed by atoms with Gasteiger partial charge in [-0.2, -0.15) is 0 Å². The summed E-state index contributed by atoms with van der Waals surface area (Å²) in [6, 6.07) is 8.78. The topological polar surface area (TPSA) is 138 Å². The molecule has 194 valence electrons. The van der Waals surface area contributed by atoms with Crippen LogP contribution < -0.4 is 5.32 Å². The molecule has 1 aliphatic heterocycles. The quantitative estimate of drug-likeness (QED) is 0.377. The first-order valence-electron chi connectivity index (χ1n) is 12.5. The molecule has 0 spiro atoms. The molecule has 1 unspecified atom stereocenters. The number of rotatable bonds is 6. The van der Waals surface area contributed by atoms with Crippen LogP contribution in [0.3, 0.4) is 0 Å². The molecule has 11 heteroatoms. The fourth-order valence-electron chi connectivity index (χ4n) is 4.49. The molecule has 1 saturated heterocycles. The molecule has 1 amide bonds. The second-order valence-electron chi connectivity index (χ2n) is 9.08. The molecule has 4 atom stereocenters. The van der Waals surface area contributed by atoms with E-state index in [1.54, 1.807) is 28.8 Å². The molecule has 2 aliphatic rings. The predicted octanol–water partition coefficient (Wildman–Crippen LogP) is 3.77. The number of aliphatic hydroxyl groups excluding tert-OH is 1. The van der Waals surface area contributed by atoms with E-state index < -0.39 is 24.6 Å². The highest BCUT2D eigenvalue weighted by Gasteiger charge is 2.37. The third-order valence-corrected chi connectivity index (χ3v) is 6.46. The number of benzene rings is 1. The number of carbonyl (C=O) groups excluding carboxylic acids is 2. The van der Waals surface area contributed by atoms with Crippen molar-refractivity contribution in [2.45, 2.75) is 63.1 Å². The van der Waals surface area contributed by atoms with Crippen molar-refractivity contribution in [1.29, 1.82) is 0 Å². The highest BCUT2D eigenvalue weighted by molar-refractivity contribution is 6.06. The number of anilines is 1. The van der Waals surface area contributed by atoms with Gasteiger partial charge in [0.05, 0.1) is 12.4 Å². The second-order valence-corrected chi connectivity index (χ2v) is 9.08. The van der Waals surface area contributed by atoms with Crippen molar-refractivity contribution in [3.63, 3.8) is 0 Å². The number of allylic oxidation sites excluding steroid dienone is 1. The van der Waals surface area contributed by atoms with Crippen LogP contribution in [0.4, 0.5) is 10.6 Å². The number of fused-ring (bicyclic) bond motifs is 1. The number of hydrogen-bond acceptors (Lipinski definition) is 9. The van der Waals surface area contributed by atoms with Crippen molar-refractivity contribution in [2.24, 2.45) is 0 Å². The summed E-state index contributed by atoms with van der Waals surface area (Å²) in [5.41, 5.74) is 1.32. The summed E-state index contributed by atoms with van der Waals surface area (Å²) in [5.74, 6) is -0.0521. The first-order valence-corrected chi connectivity index (χ1v) is 12.5. The minimum Gasteiger partial charge on any atom is -0.431 e. The highest BCUT2D eigenvalue weighted by Crippen LogP contribution is 2.32. The Morgan fingerprint density at radius 3 is 2.86 bits per heavy atom. The van der Waals surface area contributed by atoms with Gasteiger partial charge >= 0.3 is 6.16 Å². The second kappa shape index (κ2) is 11.5. The van der Waals surface area contributed by atoms with Crippen LogP contribution in [0.15, 0.2) is 55.1 Å². The lowest BCUT2D eigenvalue weighted by Crippen LogP contribution is -2.29. The zero-order valence-corrected chi connectivity index (χ0v) is 20.2. The average molecular weight is 508 g/mol. The minimum atomic E-state index is -0.865. The lowest BCUT2D eigenvalue weighted by molar-refractivity contribution is -0.0595. The molecule has 0 saturated carbocycles. The standard InChI is InChI=1S/C26H29N5O6/c32-19-13-21(37-20(19)14-35-26(34)36-18-11-7-2-1-3-8-12-18)31-16-29-22-23(27-15-28-24(22)31)30-25(33)17-9-5-4-6-10-17/h4-7,9-11,15-16,18-21,32H,1-3,8,12-14H2,(H,27,28,30,33)/b11-7+/t18?,19-,20+,21+/m0/s1. The number of ether oxygens (including phenoxy) is 3. The molecule has 1 aliphatic carbocycles. The van der Waals surface area contributed by atoms with Gasteiger partial charge in [0, 0.05) is 12.0 Å². The Kier molecular flexibility index (Phi) is 7.71. The van der Waals surface area contributed by atoms with Crippen LogP contribution in [0.1, 0.15) is 55.1 Å². The third kappa shape index (κ3) is 5.95. The third-order valence-electron chi connectivity index (χ3n) is 6.46. The maximum Gasteiger partial charge on any atom is 0.508 e. The molecule has 3 heterocycles. The molecule has 2 N–H and O–H groups in total. The van der Waals surface area contributed by atoms with Crippen LogP contribution >= 0.6 is 0 Å². The van der Waals surface area contributed by atoms with Gasteiger partial charge in [-0.05, 0) is 43.9 Å². The lowest BCUT2D eigenvalue weighted by Gasteiger charge is -2.18. The lowest BCUT2D eigenvalue weighted by atomic mass is 10.0. The summed E-state index contributed by atoms with van der Waals surface area (Å²) in [5, 5.41) is 13.3. The van der Waals surface area contributed by atoms with Gasteiger partial charge in [-0.3, -0.25) is 9.36 Å². The maximum atomic E-state index is 12.6. The summed E-state index contributed by atoms with van der Waals surface area (Å²) in [4.78, 5) is 37.6. The van der Waals surface area contributed by atoms with E-state index >= 15 is 0 Å². The fourth-order valence-corrected chi connectivity index (χ4v) is 4.49. The van der Waals surface area contributed by atoms with Crippen molar-refractivity contribution in [1.82, 2.24) is 19.5 Å². The Hall–Kier alpha value is -3.83. The molecular formula is C26H29N5O6. The van der Waals surface area contributed by atoms with E-state index in [-0.39, 0.29) is 30.9 Å². The van der Waals surface area contributed by atoms with Crippen LogP contribution in [0.2, 0.25) is 0 Å². The monoisotopic (exact) mass is 507 g/mol. The van der Waals surface area contributed by atoms with Gasteiger partial charge in [0.25, 0.3) is 5.91 Å². The van der Waals surface area contributed by atoms with E-state index in [1.165, 1.54) is 12.7 Å². The average Bonchev–Trinajstić information content (AvgIpc) is 3.48. The number of nitrogens with one attached hydrogen (secondary N) is 1. The van der Waals surface area contributed by atoms with Crippen LogP contribution in [-0.2, 0) is 14.2 Å².